The predicted octanol–water partition coefficient (Wildman–Crippen LogP) is 4.31. The quantitative estimate of drug-likeness (QED) is 0.508. The van der Waals surface area contributed by atoms with Crippen molar-refractivity contribution in [1.82, 2.24) is 0 Å². The fourth-order valence-electron chi connectivity index (χ4n) is 6.58. The lowest BCUT2D eigenvalue weighted by Crippen LogP contribution is -2.57. The molecule has 2 fully saturated rings. The van der Waals surface area contributed by atoms with Crippen LogP contribution in [-0.2, 0) is 41.4 Å². The third-order valence-electron chi connectivity index (χ3n) is 7.94. The van der Waals surface area contributed by atoms with E-state index in [1.165, 1.54) is 0 Å². The minimum atomic E-state index is -1.43. The average Bonchev–Trinajstić information content (AvgIpc) is 3.32. The van der Waals surface area contributed by atoms with Gasteiger partial charge in [0, 0.05) is 12.1 Å². The first-order valence-corrected chi connectivity index (χ1v) is 12.4. The Kier molecular flexibility index (Phi) is 5.30. The van der Waals surface area contributed by atoms with Gasteiger partial charge in [-0.15, -0.1) is 0 Å². The summed E-state index contributed by atoms with van der Waals surface area (Å²) in [7, 11) is 0. The highest BCUT2D eigenvalue weighted by Gasteiger charge is 2.78. The van der Waals surface area contributed by atoms with Crippen molar-refractivity contribution in [1.29, 1.82) is 0 Å². The molecule has 0 N–H and O–H groups in total. The normalized spacial score (nSPS) is 28.4. The van der Waals surface area contributed by atoms with Crippen LogP contribution in [0, 0.1) is 5.92 Å². The van der Waals surface area contributed by atoms with Gasteiger partial charge in [-0.2, -0.15) is 0 Å². The zero-order valence-electron chi connectivity index (χ0n) is 20.1. The van der Waals surface area contributed by atoms with E-state index in [4.69, 9.17) is 9.47 Å². The van der Waals surface area contributed by atoms with E-state index in [0.29, 0.717) is 18.5 Å². The zero-order chi connectivity index (χ0) is 24.9. The number of hydrogen-bond acceptors (Lipinski definition) is 5. The van der Waals surface area contributed by atoms with E-state index in [1.54, 1.807) is 11.8 Å². The molecule has 182 valence electrons. The molecule has 1 spiro atoms. The highest BCUT2D eigenvalue weighted by molar-refractivity contribution is 6.13. The number of nitrogens with zero attached hydrogens (tertiary/aromatic N) is 1. The lowest BCUT2D eigenvalue weighted by molar-refractivity contribution is -0.158. The van der Waals surface area contributed by atoms with E-state index in [9.17, 15) is 14.4 Å². The summed E-state index contributed by atoms with van der Waals surface area (Å²) in [6.45, 7) is 2.22. The number of carbonyl (C=O) groups excluding carboxylic acids is 3. The van der Waals surface area contributed by atoms with Gasteiger partial charge < -0.3 is 14.4 Å². The van der Waals surface area contributed by atoms with Crippen LogP contribution in [0.5, 0.6) is 0 Å². The van der Waals surface area contributed by atoms with E-state index in [0.717, 1.165) is 16.8 Å². The maximum atomic E-state index is 14.9. The number of anilines is 1. The van der Waals surface area contributed by atoms with Gasteiger partial charge in [-0.05, 0) is 36.1 Å². The molecule has 0 aromatic heterocycles. The molecular weight excluding hydrogens is 454 g/mol. The Morgan fingerprint density at radius 1 is 0.972 bits per heavy atom. The van der Waals surface area contributed by atoms with Crippen molar-refractivity contribution in [3.63, 3.8) is 0 Å². The van der Waals surface area contributed by atoms with E-state index in [1.807, 2.05) is 84.9 Å². The summed E-state index contributed by atoms with van der Waals surface area (Å²) >= 11 is 0. The molecule has 2 bridgehead atoms. The summed E-state index contributed by atoms with van der Waals surface area (Å²) in [6, 6.07) is 26.9. The molecule has 3 aromatic carbocycles. The van der Waals surface area contributed by atoms with E-state index < -0.39 is 29.0 Å². The fourth-order valence-corrected chi connectivity index (χ4v) is 6.58. The third kappa shape index (κ3) is 2.91. The SMILES string of the molecule is CCOC(=O)[C@H]1[C@H]2O[C@](c3ccccc3)(CCC2=O)[C@]12C(=O)N(Cc1ccccc1)c1ccccc12. The van der Waals surface area contributed by atoms with Crippen molar-refractivity contribution in [2.45, 2.75) is 43.4 Å². The number of fused-ring (bicyclic) bond motifs is 5. The number of amides is 1. The molecule has 0 saturated carbocycles. The highest BCUT2D eigenvalue weighted by Crippen LogP contribution is 2.66. The molecule has 0 aliphatic carbocycles. The Bertz CT molecular complexity index is 1340. The van der Waals surface area contributed by atoms with Crippen molar-refractivity contribution in [3.05, 3.63) is 102 Å². The second-order valence-electron chi connectivity index (χ2n) is 9.63. The van der Waals surface area contributed by atoms with Crippen molar-refractivity contribution < 1.29 is 23.9 Å². The van der Waals surface area contributed by atoms with Gasteiger partial charge in [0.2, 0.25) is 5.91 Å². The molecule has 3 aliphatic rings. The van der Waals surface area contributed by atoms with Gasteiger partial charge in [-0.3, -0.25) is 14.4 Å². The topological polar surface area (TPSA) is 72.9 Å². The largest absolute Gasteiger partial charge is 0.466 e. The minimum Gasteiger partial charge on any atom is -0.466 e. The van der Waals surface area contributed by atoms with Gasteiger partial charge in [0.05, 0.1) is 13.2 Å². The van der Waals surface area contributed by atoms with Crippen LogP contribution >= 0.6 is 0 Å². The van der Waals surface area contributed by atoms with Crippen molar-refractivity contribution in [3.8, 4) is 0 Å². The molecule has 6 nitrogen and oxygen atoms in total. The van der Waals surface area contributed by atoms with Crippen LogP contribution in [0.3, 0.4) is 0 Å². The van der Waals surface area contributed by atoms with Gasteiger partial charge in [-0.1, -0.05) is 78.9 Å². The molecule has 1 amide bonds. The van der Waals surface area contributed by atoms with Gasteiger partial charge in [0.25, 0.3) is 0 Å². The van der Waals surface area contributed by atoms with Crippen LogP contribution in [-0.4, -0.2) is 30.4 Å². The number of rotatable bonds is 5. The summed E-state index contributed by atoms with van der Waals surface area (Å²) in [4.78, 5) is 43.5. The molecule has 6 heteroatoms. The Hall–Kier alpha value is -3.77. The lowest BCUT2D eigenvalue weighted by Gasteiger charge is -2.43. The smallest absolute Gasteiger partial charge is 0.313 e. The predicted molar refractivity (Wildman–Crippen MR) is 133 cm³/mol. The summed E-state index contributed by atoms with van der Waals surface area (Å²) in [6.07, 6.45) is -0.515. The Balaban J connectivity index is 1.64. The highest BCUT2D eigenvalue weighted by atomic mass is 16.6. The monoisotopic (exact) mass is 481 g/mol. The second-order valence-corrected chi connectivity index (χ2v) is 9.63. The second kappa shape index (κ2) is 8.42. The first kappa shape index (κ1) is 22.7. The zero-order valence-corrected chi connectivity index (χ0v) is 20.1. The number of benzene rings is 3. The number of esters is 1. The van der Waals surface area contributed by atoms with Crippen LogP contribution < -0.4 is 4.90 Å². The molecule has 0 radical (unpaired) electrons. The molecule has 0 unspecified atom stereocenters. The van der Waals surface area contributed by atoms with Crippen LogP contribution in [0.2, 0.25) is 0 Å². The van der Waals surface area contributed by atoms with Crippen LogP contribution in [0.15, 0.2) is 84.9 Å². The van der Waals surface area contributed by atoms with Gasteiger partial charge in [0.15, 0.2) is 5.78 Å². The third-order valence-corrected chi connectivity index (χ3v) is 7.94. The molecular formula is C30H27NO5. The molecule has 4 atom stereocenters. The fraction of sp³-hybridized carbons (Fsp3) is 0.300. The average molecular weight is 482 g/mol. The number of ketones is 1. The number of Topliss-reactive ketones (excluding diaryl/α,β-unsaturated/α-hetero) is 1. The summed E-state index contributed by atoms with van der Waals surface area (Å²) in [5.74, 6) is -2.04. The summed E-state index contributed by atoms with van der Waals surface area (Å²) < 4.78 is 12.2. The summed E-state index contributed by atoms with van der Waals surface area (Å²) in [5.41, 5.74) is 0.604. The molecule has 6 rings (SSSR count). The first-order chi connectivity index (χ1) is 17.5. The molecule has 2 saturated heterocycles. The maximum Gasteiger partial charge on any atom is 0.313 e. The Morgan fingerprint density at radius 3 is 2.36 bits per heavy atom. The van der Waals surface area contributed by atoms with Crippen LogP contribution in [0.1, 0.15) is 36.5 Å². The number of para-hydroxylation sites is 1. The van der Waals surface area contributed by atoms with Gasteiger partial charge >= 0.3 is 5.97 Å². The van der Waals surface area contributed by atoms with Crippen molar-refractivity contribution in [2.24, 2.45) is 5.92 Å². The van der Waals surface area contributed by atoms with Gasteiger partial charge in [0.1, 0.15) is 23.0 Å². The first-order valence-electron chi connectivity index (χ1n) is 12.4. The molecule has 36 heavy (non-hydrogen) atoms. The minimum absolute atomic E-state index is 0.147. The summed E-state index contributed by atoms with van der Waals surface area (Å²) in [5, 5.41) is 0. The van der Waals surface area contributed by atoms with Crippen molar-refractivity contribution >= 4 is 23.3 Å². The van der Waals surface area contributed by atoms with Crippen LogP contribution in [0.4, 0.5) is 5.69 Å². The van der Waals surface area contributed by atoms with Crippen molar-refractivity contribution in [2.75, 3.05) is 11.5 Å². The van der Waals surface area contributed by atoms with E-state index in [2.05, 4.69) is 0 Å². The van der Waals surface area contributed by atoms with Crippen LogP contribution in [0.25, 0.3) is 0 Å². The molecule has 3 heterocycles. The maximum absolute atomic E-state index is 14.9. The standard InChI is InChI=1S/C30H27NO5/c1-2-35-27(33)25-26-24(32)17-18-29(36-26,21-13-7-4-8-14-21)30(25)22-15-9-10-16-23(22)31(28(30)34)19-20-11-5-3-6-12-20/h3-16,25-26H,2,17-19H2,1H3/t25-,26+,29+,30+/m1/s1. The number of carbonyl (C=O) groups is 3. The van der Waals surface area contributed by atoms with E-state index in [-0.39, 0.29) is 24.7 Å². The Labute approximate surface area is 209 Å². The molecule has 3 aliphatic heterocycles. The lowest BCUT2D eigenvalue weighted by atomic mass is 9.59. The van der Waals surface area contributed by atoms with E-state index >= 15 is 0 Å². The Morgan fingerprint density at radius 2 is 1.64 bits per heavy atom. The number of ether oxygens (including phenoxy) is 2. The number of hydrogen-bond donors (Lipinski definition) is 0. The van der Waals surface area contributed by atoms with Gasteiger partial charge in [-0.25, -0.2) is 0 Å². The molecule has 3 aromatic rings.